The van der Waals surface area contributed by atoms with Gasteiger partial charge in [-0.25, -0.2) is 0 Å². The average Bonchev–Trinajstić information content (AvgIpc) is 3.00. The van der Waals surface area contributed by atoms with Crippen molar-refractivity contribution in [3.8, 4) is 11.8 Å². The van der Waals surface area contributed by atoms with Gasteiger partial charge in [0, 0.05) is 19.4 Å². The van der Waals surface area contributed by atoms with Crippen molar-refractivity contribution in [3.05, 3.63) is 41.2 Å². The van der Waals surface area contributed by atoms with Crippen LogP contribution in [0.1, 0.15) is 11.1 Å². The molecule has 5 heteroatoms. The number of methoxy groups -OCH3 is 2. The highest BCUT2D eigenvalue weighted by molar-refractivity contribution is 5.52. The molecule has 0 N–H and O–H groups in total. The fourth-order valence-electron chi connectivity index (χ4n) is 4.31. The van der Waals surface area contributed by atoms with Crippen LogP contribution in [0.3, 0.4) is 0 Å². The molecular formula is C18H19NO4. The van der Waals surface area contributed by atoms with Crippen LogP contribution in [-0.2, 0) is 26.0 Å². The minimum atomic E-state index is -0.802. The Labute approximate surface area is 135 Å². The Balaban J connectivity index is 1.94. The second kappa shape index (κ2) is 5.26. The summed E-state index contributed by atoms with van der Waals surface area (Å²) in [6.07, 6.45) is 2.25. The van der Waals surface area contributed by atoms with Gasteiger partial charge in [-0.05, 0) is 28.8 Å². The summed E-state index contributed by atoms with van der Waals surface area (Å²) < 4.78 is 22.6. The van der Waals surface area contributed by atoms with Crippen LogP contribution in [-0.4, -0.2) is 39.6 Å². The number of benzene rings is 1. The molecule has 1 saturated heterocycles. The molecule has 0 amide bonds. The van der Waals surface area contributed by atoms with Gasteiger partial charge in [-0.2, -0.15) is 5.26 Å². The van der Waals surface area contributed by atoms with E-state index in [2.05, 4.69) is 6.07 Å². The van der Waals surface area contributed by atoms with E-state index in [1.54, 1.807) is 20.5 Å². The van der Waals surface area contributed by atoms with Crippen LogP contribution in [0.15, 0.2) is 30.0 Å². The predicted octanol–water partition coefficient (Wildman–Crippen LogP) is 1.96. The molecule has 1 aliphatic carbocycles. The van der Waals surface area contributed by atoms with Crippen LogP contribution >= 0.6 is 0 Å². The van der Waals surface area contributed by atoms with Gasteiger partial charge < -0.3 is 18.9 Å². The molecule has 1 fully saturated rings. The van der Waals surface area contributed by atoms with Crippen molar-refractivity contribution in [3.63, 3.8) is 0 Å². The molecule has 0 spiro atoms. The zero-order valence-electron chi connectivity index (χ0n) is 13.2. The van der Waals surface area contributed by atoms with E-state index < -0.39 is 5.41 Å². The maximum Gasteiger partial charge on any atom is 0.121 e. The Bertz CT molecular complexity index is 707. The lowest BCUT2D eigenvalue weighted by Crippen LogP contribution is -2.58. The Morgan fingerprint density at radius 3 is 3.00 bits per heavy atom. The summed E-state index contributed by atoms with van der Waals surface area (Å²) in [5.74, 6) is 0.768. The van der Waals surface area contributed by atoms with Crippen molar-refractivity contribution in [1.29, 1.82) is 5.26 Å². The van der Waals surface area contributed by atoms with Crippen LogP contribution < -0.4 is 4.74 Å². The van der Waals surface area contributed by atoms with Gasteiger partial charge in [-0.3, -0.25) is 0 Å². The van der Waals surface area contributed by atoms with Crippen LogP contribution in [0.4, 0.5) is 0 Å². The predicted molar refractivity (Wildman–Crippen MR) is 82.1 cm³/mol. The average molecular weight is 313 g/mol. The van der Waals surface area contributed by atoms with Gasteiger partial charge >= 0.3 is 0 Å². The molecule has 2 heterocycles. The van der Waals surface area contributed by atoms with Crippen LogP contribution in [0, 0.1) is 17.2 Å². The molecule has 0 radical (unpaired) electrons. The van der Waals surface area contributed by atoms with Crippen LogP contribution in [0.5, 0.6) is 5.75 Å². The van der Waals surface area contributed by atoms with E-state index in [-0.39, 0.29) is 18.1 Å². The molecule has 0 bridgehead atoms. The summed E-state index contributed by atoms with van der Waals surface area (Å²) in [6.45, 7) is 0.874. The zero-order valence-corrected chi connectivity index (χ0v) is 13.2. The molecule has 4 atom stereocenters. The molecule has 0 unspecified atom stereocenters. The lowest BCUT2D eigenvalue weighted by molar-refractivity contribution is -0.0772. The summed E-state index contributed by atoms with van der Waals surface area (Å²) >= 11 is 0. The number of rotatable bonds is 3. The van der Waals surface area contributed by atoms with Gasteiger partial charge in [0.05, 0.1) is 32.7 Å². The molecule has 5 nitrogen and oxygen atoms in total. The van der Waals surface area contributed by atoms with Gasteiger partial charge in [0.25, 0.3) is 0 Å². The molecule has 1 aromatic rings. The maximum atomic E-state index is 10.2. The topological polar surface area (TPSA) is 60.7 Å². The van der Waals surface area contributed by atoms with E-state index in [1.807, 2.05) is 18.2 Å². The Morgan fingerprint density at radius 2 is 2.26 bits per heavy atom. The summed E-state index contributed by atoms with van der Waals surface area (Å²) in [4.78, 5) is 0. The number of fused-ring (bicyclic) bond motifs is 2. The first-order valence-electron chi connectivity index (χ1n) is 7.78. The molecule has 0 aromatic heterocycles. The first kappa shape index (κ1) is 14.6. The van der Waals surface area contributed by atoms with Gasteiger partial charge in [0.2, 0.25) is 0 Å². The lowest BCUT2D eigenvalue weighted by atomic mass is 9.57. The monoisotopic (exact) mass is 313 g/mol. The number of hydrogen-bond donors (Lipinski definition) is 0. The quantitative estimate of drug-likeness (QED) is 0.853. The number of nitriles is 1. The second-order valence-electron chi connectivity index (χ2n) is 6.31. The van der Waals surface area contributed by atoms with Gasteiger partial charge in [0.15, 0.2) is 0 Å². The highest BCUT2D eigenvalue weighted by atomic mass is 16.5. The lowest BCUT2D eigenvalue weighted by Gasteiger charge is -2.49. The molecular weight excluding hydrogens is 294 g/mol. The summed E-state index contributed by atoms with van der Waals surface area (Å²) in [7, 11) is 3.28. The third kappa shape index (κ3) is 1.85. The van der Waals surface area contributed by atoms with Gasteiger partial charge in [-0.1, -0.05) is 6.07 Å². The van der Waals surface area contributed by atoms with E-state index in [9.17, 15) is 5.26 Å². The van der Waals surface area contributed by atoms with Crippen LogP contribution in [0.25, 0.3) is 0 Å². The van der Waals surface area contributed by atoms with E-state index >= 15 is 0 Å². The van der Waals surface area contributed by atoms with Gasteiger partial charge in [-0.15, -0.1) is 0 Å². The first-order chi connectivity index (χ1) is 11.2. The fourth-order valence-corrected chi connectivity index (χ4v) is 4.31. The number of hydrogen-bond acceptors (Lipinski definition) is 5. The Morgan fingerprint density at radius 1 is 1.39 bits per heavy atom. The zero-order chi connectivity index (χ0) is 16.0. The Hall–Kier alpha value is -2.03. The summed E-state index contributed by atoms with van der Waals surface area (Å²) in [5.41, 5.74) is 2.37. The van der Waals surface area contributed by atoms with E-state index in [0.717, 1.165) is 28.9 Å². The summed E-state index contributed by atoms with van der Waals surface area (Å²) in [5, 5.41) is 10.2. The molecule has 0 saturated carbocycles. The van der Waals surface area contributed by atoms with Crippen molar-refractivity contribution in [2.75, 3.05) is 27.4 Å². The highest BCUT2D eigenvalue weighted by Gasteiger charge is 2.60. The molecule has 4 rings (SSSR count). The van der Waals surface area contributed by atoms with Crippen molar-refractivity contribution in [2.24, 2.45) is 5.92 Å². The van der Waals surface area contributed by atoms with Crippen molar-refractivity contribution in [1.82, 2.24) is 0 Å². The van der Waals surface area contributed by atoms with E-state index in [4.69, 9.17) is 18.9 Å². The third-order valence-corrected chi connectivity index (χ3v) is 5.30. The molecule has 1 aromatic carbocycles. The maximum absolute atomic E-state index is 10.2. The smallest absolute Gasteiger partial charge is 0.121 e. The second-order valence-corrected chi connectivity index (χ2v) is 6.31. The number of nitrogens with zero attached hydrogens (tertiary/aromatic N) is 1. The standard InChI is InChI=1S/C18H19NO4/c1-20-9-16-18(10-19)14-6-13(21-2)4-3-11(14)5-15-17(18)12(7-22-15)8-23-16/h3-4,6-7,15-17H,5,8-9H2,1-2H3/t15-,16-,17-,18+/m1/s1. The molecule has 120 valence electrons. The molecule has 2 aliphatic heterocycles. The SMILES string of the molecule is COC[C@H]1OCC2=CO[C@@H]3Cc4ccc(OC)cc4[C@]1(C#N)[C@H]23. The van der Waals surface area contributed by atoms with Crippen molar-refractivity contribution >= 4 is 0 Å². The minimum Gasteiger partial charge on any atom is -0.497 e. The molecule has 23 heavy (non-hydrogen) atoms. The highest BCUT2D eigenvalue weighted by Crippen LogP contribution is 2.54. The first-order valence-corrected chi connectivity index (χ1v) is 7.78. The van der Waals surface area contributed by atoms with Crippen LogP contribution in [0.2, 0.25) is 0 Å². The fraction of sp³-hybridized carbons (Fsp3) is 0.500. The van der Waals surface area contributed by atoms with E-state index in [0.29, 0.717) is 13.2 Å². The number of ether oxygens (including phenoxy) is 4. The Kier molecular flexibility index (Phi) is 3.33. The summed E-state index contributed by atoms with van der Waals surface area (Å²) in [6, 6.07) is 8.52. The van der Waals surface area contributed by atoms with Gasteiger partial charge in [0.1, 0.15) is 23.4 Å². The third-order valence-electron chi connectivity index (χ3n) is 5.30. The normalized spacial score (nSPS) is 33.8. The minimum absolute atomic E-state index is 0.00574. The largest absolute Gasteiger partial charge is 0.497 e. The molecule has 3 aliphatic rings. The van der Waals surface area contributed by atoms with Crippen molar-refractivity contribution in [2.45, 2.75) is 24.0 Å². The van der Waals surface area contributed by atoms with E-state index in [1.165, 1.54) is 0 Å². The van der Waals surface area contributed by atoms with Crippen molar-refractivity contribution < 1.29 is 18.9 Å².